The van der Waals surface area contributed by atoms with E-state index in [1.54, 1.807) is 4.52 Å². The average molecular weight is 215 g/mol. The molecule has 0 amide bonds. The Balaban J connectivity index is 2.11. The van der Waals surface area contributed by atoms with Gasteiger partial charge in [-0.05, 0) is 30.7 Å². The molecule has 0 spiro atoms. The molecule has 0 radical (unpaired) electrons. The summed E-state index contributed by atoms with van der Waals surface area (Å²) in [6, 6.07) is 5.62. The summed E-state index contributed by atoms with van der Waals surface area (Å²) in [5, 5.41) is 7.69. The van der Waals surface area contributed by atoms with Gasteiger partial charge in [-0.15, -0.1) is 5.10 Å². The van der Waals surface area contributed by atoms with Crippen LogP contribution in [0.3, 0.4) is 0 Å². The third-order valence-electron chi connectivity index (χ3n) is 2.74. The molecule has 1 aliphatic heterocycles. The van der Waals surface area contributed by atoms with Crippen LogP contribution in [0.15, 0.2) is 24.3 Å². The third-order valence-corrected chi connectivity index (χ3v) is 2.74. The Labute approximate surface area is 93.0 Å². The topological polar surface area (TPSA) is 68.2 Å². The third kappa shape index (κ3) is 1.45. The van der Waals surface area contributed by atoms with E-state index in [9.17, 15) is 0 Å². The number of nitrogen functional groups attached to an aromatic ring is 1. The van der Waals surface area contributed by atoms with Gasteiger partial charge in [0.05, 0.1) is 0 Å². The number of pyridine rings is 1. The van der Waals surface area contributed by atoms with Crippen LogP contribution >= 0.6 is 0 Å². The minimum Gasteiger partial charge on any atom is -0.384 e. The predicted molar refractivity (Wildman–Crippen MR) is 62.9 cm³/mol. The lowest BCUT2D eigenvalue weighted by Crippen LogP contribution is -2.20. The van der Waals surface area contributed by atoms with Crippen LogP contribution in [-0.2, 0) is 0 Å². The van der Waals surface area contributed by atoms with Gasteiger partial charge in [0, 0.05) is 6.54 Å². The van der Waals surface area contributed by atoms with Crippen LogP contribution in [-0.4, -0.2) is 27.7 Å². The van der Waals surface area contributed by atoms with Crippen LogP contribution in [0.5, 0.6) is 0 Å². The number of hydrogen-bond donors (Lipinski definition) is 2. The molecule has 0 bridgehead atoms. The van der Waals surface area contributed by atoms with Gasteiger partial charge in [-0.3, -0.25) is 0 Å². The van der Waals surface area contributed by atoms with Crippen molar-refractivity contribution in [3.63, 3.8) is 0 Å². The number of fused-ring (bicyclic) bond motifs is 1. The number of aromatic nitrogens is 3. The molecule has 0 aromatic carbocycles. The fraction of sp³-hybridized carbons (Fsp3) is 0.273. The van der Waals surface area contributed by atoms with E-state index in [4.69, 9.17) is 5.73 Å². The fourth-order valence-corrected chi connectivity index (χ4v) is 1.89. The second-order valence-corrected chi connectivity index (χ2v) is 3.84. The monoisotopic (exact) mass is 215 g/mol. The summed E-state index contributed by atoms with van der Waals surface area (Å²) in [5.41, 5.74) is 7.82. The summed E-state index contributed by atoms with van der Waals surface area (Å²) < 4.78 is 1.68. The van der Waals surface area contributed by atoms with Gasteiger partial charge in [0.25, 0.3) is 0 Å². The van der Waals surface area contributed by atoms with E-state index < -0.39 is 0 Å². The lowest BCUT2D eigenvalue weighted by atomic mass is 10.1. The molecule has 2 aromatic rings. The molecule has 5 nitrogen and oxygen atoms in total. The molecule has 0 fully saturated rings. The van der Waals surface area contributed by atoms with Crippen molar-refractivity contribution in [1.82, 2.24) is 19.9 Å². The molecule has 2 aromatic heterocycles. The maximum Gasteiger partial charge on any atom is 0.177 e. The maximum atomic E-state index is 5.83. The molecule has 3 rings (SSSR count). The molecule has 5 heteroatoms. The van der Waals surface area contributed by atoms with E-state index >= 15 is 0 Å². The summed E-state index contributed by atoms with van der Waals surface area (Å²) >= 11 is 0. The Bertz CT molecular complexity index is 555. The molecular weight excluding hydrogens is 202 g/mol. The first-order valence-electron chi connectivity index (χ1n) is 5.36. The van der Waals surface area contributed by atoms with Gasteiger partial charge in [0.2, 0.25) is 0 Å². The lowest BCUT2D eigenvalue weighted by Gasteiger charge is -2.10. The van der Waals surface area contributed by atoms with E-state index in [2.05, 4.69) is 21.5 Å². The highest BCUT2D eigenvalue weighted by molar-refractivity contribution is 5.63. The van der Waals surface area contributed by atoms with Crippen molar-refractivity contribution >= 4 is 17.0 Å². The smallest absolute Gasteiger partial charge is 0.177 e. The van der Waals surface area contributed by atoms with Crippen LogP contribution in [0.25, 0.3) is 11.2 Å². The van der Waals surface area contributed by atoms with Gasteiger partial charge in [-0.2, -0.15) is 4.52 Å². The van der Waals surface area contributed by atoms with Crippen molar-refractivity contribution < 1.29 is 0 Å². The molecule has 0 saturated heterocycles. The summed E-state index contributed by atoms with van der Waals surface area (Å²) in [4.78, 5) is 4.47. The predicted octanol–water partition coefficient (Wildman–Crippen LogP) is 0.688. The summed E-state index contributed by atoms with van der Waals surface area (Å²) in [6.45, 7) is 1.87. The van der Waals surface area contributed by atoms with Crippen molar-refractivity contribution in [2.45, 2.75) is 6.42 Å². The molecule has 0 atom stereocenters. The molecule has 3 N–H and O–H groups in total. The van der Waals surface area contributed by atoms with Crippen molar-refractivity contribution in [2.75, 3.05) is 18.8 Å². The zero-order valence-corrected chi connectivity index (χ0v) is 8.85. The number of anilines is 1. The standard InChI is InChI=1S/C11H13N5/c12-9-2-1-3-10-14-11(15-16(9)10)8-4-6-13-7-5-8/h1-4,13H,5-7,12H2. The first-order valence-corrected chi connectivity index (χ1v) is 5.36. The second-order valence-electron chi connectivity index (χ2n) is 3.84. The van der Waals surface area contributed by atoms with E-state index in [-0.39, 0.29) is 0 Å². The highest BCUT2D eigenvalue weighted by Gasteiger charge is 2.11. The lowest BCUT2D eigenvalue weighted by molar-refractivity contribution is 0.734. The Morgan fingerprint density at radius 3 is 3.06 bits per heavy atom. The molecule has 3 heterocycles. The number of hydrogen-bond acceptors (Lipinski definition) is 4. The number of nitrogens with two attached hydrogens (primary N) is 1. The summed E-state index contributed by atoms with van der Waals surface area (Å²) in [7, 11) is 0. The Morgan fingerprint density at radius 1 is 1.38 bits per heavy atom. The van der Waals surface area contributed by atoms with Gasteiger partial charge in [-0.25, -0.2) is 4.98 Å². The zero-order chi connectivity index (χ0) is 11.0. The second kappa shape index (κ2) is 3.61. The molecule has 0 saturated carbocycles. The van der Waals surface area contributed by atoms with E-state index in [0.717, 1.165) is 31.0 Å². The summed E-state index contributed by atoms with van der Waals surface area (Å²) in [6.07, 6.45) is 3.10. The van der Waals surface area contributed by atoms with Crippen LogP contribution in [0.1, 0.15) is 12.2 Å². The minimum atomic E-state index is 0.616. The van der Waals surface area contributed by atoms with Crippen LogP contribution < -0.4 is 11.1 Å². The number of nitrogens with one attached hydrogen (secondary N) is 1. The minimum absolute atomic E-state index is 0.616. The largest absolute Gasteiger partial charge is 0.384 e. The van der Waals surface area contributed by atoms with Gasteiger partial charge >= 0.3 is 0 Å². The highest BCUT2D eigenvalue weighted by atomic mass is 15.3. The highest BCUT2D eigenvalue weighted by Crippen LogP contribution is 2.17. The number of nitrogens with zero attached hydrogens (tertiary/aromatic N) is 3. The van der Waals surface area contributed by atoms with E-state index in [0.29, 0.717) is 5.82 Å². The first kappa shape index (κ1) is 9.35. The van der Waals surface area contributed by atoms with Crippen LogP contribution in [0.4, 0.5) is 5.82 Å². The van der Waals surface area contributed by atoms with Gasteiger partial charge in [-0.1, -0.05) is 12.1 Å². The van der Waals surface area contributed by atoms with Gasteiger partial charge in [0.15, 0.2) is 11.5 Å². The zero-order valence-electron chi connectivity index (χ0n) is 8.85. The van der Waals surface area contributed by atoms with Crippen molar-refractivity contribution in [1.29, 1.82) is 0 Å². The molecule has 1 aliphatic rings. The summed E-state index contributed by atoms with van der Waals surface area (Å²) in [5.74, 6) is 1.41. The normalized spacial score (nSPS) is 16.4. The van der Waals surface area contributed by atoms with E-state index in [1.807, 2.05) is 18.2 Å². The number of rotatable bonds is 1. The van der Waals surface area contributed by atoms with Crippen molar-refractivity contribution in [3.8, 4) is 0 Å². The average Bonchev–Trinajstić information content (AvgIpc) is 2.76. The molecule has 82 valence electrons. The molecule has 16 heavy (non-hydrogen) atoms. The van der Waals surface area contributed by atoms with Crippen molar-refractivity contribution in [2.24, 2.45) is 0 Å². The fourth-order valence-electron chi connectivity index (χ4n) is 1.89. The first-order chi connectivity index (χ1) is 7.84. The molecule has 0 unspecified atom stereocenters. The Hall–Kier alpha value is -1.88. The Morgan fingerprint density at radius 2 is 2.31 bits per heavy atom. The Kier molecular flexibility index (Phi) is 2.11. The van der Waals surface area contributed by atoms with Crippen molar-refractivity contribution in [3.05, 3.63) is 30.1 Å². The maximum absolute atomic E-state index is 5.83. The van der Waals surface area contributed by atoms with Crippen LogP contribution in [0, 0.1) is 0 Å². The van der Waals surface area contributed by atoms with Gasteiger partial charge in [0.1, 0.15) is 5.82 Å². The molecular formula is C11H13N5. The SMILES string of the molecule is Nc1cccc2nc(C3=CCNCC3)nn12. The van der Waals surface area contributed by atoms with Gasteiger partial charge < -0.3 is 11.1 Å². The quantitative estimate of drug-likeness (QED) is 0.734. The van der Waals surface area contributed by atoms with Crippen LogP contribution in [0.2, 0.25) is 0 Å². The molecule has 0 aliphatic carbocycles. The van der Waals surface area contributed by atoms with E-state index in [1.165, 1.54) is 5.57 Å².